The van der Waals surface area contributed by atoms with Crippen LogP contribution in [0.5, 0.6) is 11.5 Å². The molecular formula is C25H21FN2O7. The lowest BCUT2D eigenvalue weighted by atomic mass is 10.2. The Morgan fingerprint density at radius 1 is 0.771 bits per heavy atom. The monoisotopic (exact) mass is 480 g/mol. The van der Waals surface area contributed by atoms with Crippen molar-refractivity contribution in [3.8, 4) is 11.5 Å². The Morgan fingerprint density at radius 2 is 1.40 bits per heavy atom. The lowest BCUT2D eigenvalue weighted by Gasteiger charge is -2.12. The van der Waals surface area contributed by atoms with E-state index in [1.165, 1.54) is 49.6 Å². The highest BCUT2D eigenvalue weighted by Crippen LogP contribution is 2.20. The van der Waals surface area contributed by atoms with Gasteiger partial charge in [-0.2, -0.15) is 0 Å². The van der Waals surface area contributed by atoms with Gasteiger partial charge in [-0.25, -0.2) is 9.18 Å². The van der Waals surface area contributed by atoms with Crippen LogP contribution in [0.2, 0.25) is 0 Å². The summed E-state index contributed by atoms with van der Waals surface area (Å²) in [6, 6.07) is 17.9. The third kappa shape index (κ3) is 6.87. The molecule has 0 radical (unpaired) electrons. The molecule has 0 saturated carbocycles. The largest absolute Gasteiger partial charge is 0.496 e. The summed E-state index contributed by atoms with van der Waals surface area (Å²) in [5.41, 5.74) is 0.0830. The average molecular weight is 480 g/mol. The van der Waals surface area contributed by atoms with E-state index in [-0.39, 0.29) is 28.3 Å². The van der Waals surface area contributed by atoms with Crippen LogP contribution < -0.4 is 20.1 Å². The van der Waals surface area contributed by atoms with Crippen LogP contribution >= 0.6 is 0 Å². The maximum Gasteiger partial charge on any atom is 0.342 e. The normalized spacial score (nSPS) is 10.1. The molecule has 0 bridgehead atoms. The van der Waals surface area contributed by atoms with Crippen molar-refractivity contribution in [3.63, 3.8) is 0 Å². The second kappa shape index (κ2) is 11.9. The zero-order valence-corrected chi connectivity index (χ0v) is 18.6. The second-order valence-corrected chi connectivity index (χ2v) is 6.97. The van der Waals surface area contributed by atoms with Gasteiger partial charge in [0.05, 0.1) is 18.4 Å². The molecule has 0 fully saturated rings. The van der Waals surface area contributed by atoms with E-state index in [0.29, 0.717) is 0 Å². The Balaban J connectivity index is 1.54. The highest BCUT2D eigenvalue weighted by atomic mass is 19.1. The number of ether oxygens (including phenoxy) is 3. The molecule has 0 aromatic heterocycles. The molecule has 0 heterocycles. The van der Waals surface area contributed by atoms with Gasteiger partial charge in [0.1, 0.15) is 22.9 Å². The Kier molecular flexibility index (Phi) is 8.49. The molecule has 3 amide bonds. The fourth-order valence-corrected chi connectivity index (χ4v) is 2.92. The maximum atomic E-state index is 13.7. The van der Waals surface area contributed by atoms with Crippen molar-refractivity contribution in [2.24, 2.45) is 0 Å². The van der Waals surface area contributed by atoms with Crippen molar-refractivity contribution in [2.45, 2.75) is 0 Å². The third-order valence-corrected chi connectivity index (χ3v) is 4.55. The van der Waals surface area contributed by atoms with Crippen molar-refractivity contribution in [1.29, 1.82) is 0 Å². The van der Waals surface area contributed by atoms with Crippen LogP contribution in [-0.4, -0.2) is 44.0 Å². The van der Waals surface area contributed by atoms with Gasteiger partial charge in [0.2, 0.25) is 0 Å². The Morgan fingerprint density at radius 3 is 2.11 bits per heavy atom. The maximum absolute atomic E-state index is 13.7. The number of para-hydroxylation sites is 3. The number of benzene rings is 3. The average Bonchev–Trinajstić information content (AvgIpc) is 2.87. The molecule has 180 valence electrons. The van der Waals surface area contributed by atoms with Crippen LogP contribution in [0.3, 0.4) is 0 Å². The SMILES string of the molecule is COc1ccccc1C(=O)NC(=O)COC(=O)c1ccccc1OCC(=O)Nc1ccccc1F. The predicted octanol–water partition coefficient (Wildman–Crippen LogP) is 2.97. The molecule has 0 spiro atoms. The molecule has 3 rings (SSSR count). The summed E-state index contributed by atoms with van der Waals surface area (Å²) in [5.74, 6) is -3.42. The van der Waals surface area contributed by atoms with Crippen molar-refractivity contribution >= 4 is 29.4 Å². The molecular weight excluding hydrogens is 459 g/mol. The first-order chi connectivity index (χ1) is 16.9. The number of methoxy groups -OCH3 is 1. The summed E-state index contributed by atoms with van der Waals surface area (Å²) in [7, 11) is 1.39. The minimum atomic E-state index is -0.907. The van der Waals surface area contributed by atoms with E-state index in [2.05, 4.69) is 10.6 Å². The summed E-state index contributed by atoms with van der Waals surface area (Å²) in [6.07, 6.45) is 0. The minimum Gasteiger partial charge on any atom is -0.496 e. The Labute approximate surface area is 199 Å². The van der Waals surface area contributed by atoms with Crippen LogP contribution in [0.1, 0.15) is 20.7 Å². The van der Waals surface area contributed by atoms with Crippen molar-refractivity contribution < 1.29 is 37.8 Å². The highest BCUT2D eigenvalue weighted by molar-refractivity contribution is 6.07. The van der Waals surface area contributed by atoms with E-state index in [1.54, 1.807) is 30.3 Å². The highest BCUT2D eigenvalue weighted by Gasteiger charge is 2.19. The van der Waals surface area contributed by atoms with Gasteiger partial charge in [-0.15, -0.1) is 0 Å². The summed E-state index contributed by atoms with van der Waals surface area (Å²) in [5, 5.41) is 4.47. The standard InChI is InChI=1S/C25H21FN2O7/c1-33-20-12-6-2-8-16(20)24(31)28-23(30)15-35-25(32)17-9-3-7-13-21(17)34-14-22(29)27-19-11-5-4-10-18(19)26/h2-13H,14-15H2,1H3,(H,27,29)(H,28,30,31). The quantitative estimate of drug-likeness (QED) is 0.452. The first-order valence-corrected chi connectivity index (χ1v) is 10.3. The second-order valence-electron chi connectivity index (χ2n) is 6.97. The van der Waals surface area contributed by atoms with Gasteiger partial charge in [0.25, 0.3) is 17.7 Å². The summed E-state index contributed by atoms with van der Waals surface area (Å²) in [6.45, 7) is -1.24. The first kappa shape index (κ1) is 24.9. The fraction of sp³-hybridized carbons (Fsp3) is 0.120. The molecule has 0 aliphatic carbocycles. The lowest BCUT2D eigenvalue weighted by molar-refractivity contribution is -0.123. The lowest BCUT2D eigenvalue weighted by Crippen LogP contribution is -2.34. The predicted molar refractivity (Wildman–Crippen MR) is 123 cm³/mol. The summed E-state index contributed by atoms with van der Waals surface area (Å²) in [4.78, 5) is 48.9. The van der Waals surface area contributed by atoms with Gasteiger partial charge in [-0.05, 0) is 36.4 Å². The topological polar surface area (TPSA) is 120 Å². The molecule has 0 aliphatic rings. The van der Waals surface area contributed by atoms with Gasteiger partial charge in [-0.1, -0.05) is 36.4 Å². The number of anilines is 1. The van der Waals surface area contributed by atoms with Crippen LogP contribution in [0.4, 0.5) is 10.1 Å². The summed E-state index contributed by atoms with van der Waals surface area (Å²) < 4.78 is 29.1. The van der Waals surface area contributed by atoms with Crippen molar-refractivity contribution in [2.75, 3.05) is 25.6 Å². The number of halogens is 1. The van der Waals surface area contributed by atoms with Gasteiger partial charge < -0.3 is 19.5 Å². The van der Waals surface area contributed by atoms with Gasteiger partial charge in [0.15, 0.2) is 13.2 Å². The number of carbonyl (C=O) groups is 4. The van der Waals surface area contributed by atoms with Crippen LogP contribution in [0, 0.1) is 5.82 Å². The minimum absolute atomic E-state index is 0.0116. The number of imide groups is 1. The molecule has 2 N–H and O–H groups in total. The molecule has 9 nitrogen and oxygen atoms in total. The van der Waals surface area contributed by atoms with E-state index in [1.807, 2.05) is 0 Å². The molecule has 3 aromatic rings. The summed E-state index contributed by atoms with van der Waals surface area (Å²) >= 11 is 0. The number of carbonyl (C=O) groups excluding carboxylic acids is 4. The molecule has 0 aliphatic heterocycles. The van der Waals surface area contributed by atoms with Crippen molar-refractivity contribution in [3.05, 3.63) is 89.7 Å². The molecule has 0 saturated heterocycles. The van der Waals surface area contributed by atoms with Crippen LogP contribution in [-0.2, 0) is 14.3 Å². The number of rotatable bonds is 9. The third-order valence-electron chi connectivity index (χ3n) is 4.55. The number of esters is 1. The number of nitrogens with one attached hydrogen (secondary N) is 2. The Bertz CT molecular complexity index is 1250. The Hall–Kier alpha value is -4.73. The number of hydrogen-bond acceptors (Lipinski definition) is 7. The smallest absolute Gasteiger partial charge is 0.342 e. The van der Waals surface area contributed by atoms with E-state index >= 15 is 0 Å². The number of hydrogen-bond donors (Lipinski definition) is 2. The van der Waals surface area contributed by atoms with E-state index in [9.17, 15) is 23.6 Å². The zero-order valence-electron chi connectivity index (χ0n) is 18.6. The van der Waals surface area contributed by atoms with Gasteiger partial charge in [0, 0.05) is 0 Å². The van der Waals surface area contributed by atoms with Crippen LogP contribution in [0.25, 0.3) is 0 Å². The van der Waals surface area contributed by atoms with Crippen molar-refractivity contribution in [1.82, 2.24) is 5.32 Å². The van der Waals surface area contributed by atoms with Gasteiger partial charge >= 0.3 is 5.97 Å². The first-order valence-electron chi connectivity index (χ1n) is 10.3. The van der Waals surface area contributed by atoms with E-state index in [0.717, 1.165) is 0 Å². The molecule has 0 atom stereocenters. The van der Waals surface area contributed by atoms with Gasteiger partial charge in [-0.3, -0.25) is 19.7 Å². The molecule has 10 heteroatoms. The number of amides is 3. The molecule has 0 unspecified atom stereocenters. The van der Waals surface area contributed by atoms with Crippen LogP contribution in [0.15, 0.2) is 72.8 Å². The van der Waals surface area contributed by atoms with E-state index < -0.39 is 42.7 Å². The molecule has 3 aromatic carbocycles. The fourth-order valence-electron chi connectivity index (χ4n) is 2.92. The zero-order chi connectivity index (χ0) is 25.2. The van der Waals surface area contributed by atoms with E-state index in [4.69, 9.17) is 14.2 Å². The molecule has 35 heavy (non-hydrogen) atoms.